The highest BCUT2D eigenvalue weighted by molar-refractivity contribution is 6.15. The van der Waals surface area contributed by atoms with Crippen molar-refractivity contribution in [2.24, 2.45) is 0 Å². The molecular weight excluding hydrogens is 709 g/mol. The van der Waals surface area contributed by atoms with Gasteiger partial charge < -0.3 is 8.98 Å². The van der Waals surface area contributed by atoms with E-state index in [9.17, 15) is 0 Å². The Morgan fingerprint density at radius 3 is 2.05 bits per heavy atom. The van der Waals surface area contributed by atoms with E-state index in [1.165, 1.54) is 49.6 Å². The maximum Gasteiger partial charge on any atom is 0.160 e. The Hall–Kier alpha value is -7.63. The summed E-state index contributed by atoms with van der Waals surface area (Å²) < 4.78 is 9.02. The van der Waals surface area contributed by atoms with Gasteiger partial charge >= 0.3 is 0 Å². The first-order valence-electron chi connectivity index (χ1n) is 19.7. The number of nitrogens with zero attached hydrogens (tertiary/aromatic N) is 4. The summed E-state index contributed by atoms with van der Waals surface area (Å²) in [5.74, 6) is 0.670. The van der Waals surface area contributed by atoms with Crippen molar-refractivity contribution in [3.05, 3.63) is 205 Å². The van der Waals surface area contributed by atoms with E-state index in [-0.39, 0.29) is 5.92 Å². The minimum absolute atomic E-state index is 0.000260. The van der Waals surface area contributed by atoms with Crippen LogP contribution in [0.1, 0.15) is 28.2 Å². The number of aromatic nitrogens is 4. The molecule has 12 rings (SSSR count). The third-order valence-corrected chi connectivity index (χ3v) is 12.0. The van der Waals surface area contributed by atoms with Crippen molar-refractivity contribution in [1.29, 1.82) is 0 Å². The molecule has 11 aromatic rings. The molecule has 1 aliphatic rings. The van der Waals surface area contributed by atoms with E-state index in [4.69, 9.17) is 19.4 Å². The van der Waals surface area contributed by atoms with Gasteiger partial charge in [0, 0.05) is 61.6 Å². The van der Waals surface area contributed by atoms with Crippen LogP contribution in [0.4, 0.5) is 0 Å². The highest BCUT2D eigenvalue weighted by Crippen LogP contribution is 2.53. The molecule has 1 atom stereocenters. The molecule has 0 saturated carbocycles. The first-order valence-corrected chi connectivity index (χ1v) is 19.7. The Balaban J connectivity index is 1.12. The van der Waals surface area contributed by atoms with Gasteiger partial charge in [0.15, 0.2) is 11.4 Å². The molecule has 272 valence electrons. The monoisotopic (exact) mass is 742 g/mol. The predicted molar refractivity (Wildman–Crippen MR) is 235 cm³/mol. The zero-order valence-electron chi connectivity index (χ0n) is 31.6. The number of benzene rings is 7. The van der Waals surface area contributed by atoms with Crippen LogP contribution in [0.25, 0.3) is 94.5 Å². The molecule has 0 radical (unpaired) electrons. The molecule has 0 N–H and O–H groups in total. The zero-order chi connectivity index (χ0) is 38.3. The van der Waals surface area contributed by atoms with Gasteiger partial charge in [-0.2, -0.15) is 0 Å². The third-order valence-electron chi connectivity index (χ3n) is 12.0. The molecule has 7 aromatic carbocycles. The first kappa shape index (κ1) is 32.6. The second kappa shape index (κ2) is 12.7. The quantitative estimate of drug-likeness (QED) is 0.176. The van der Waals surface area contributed by atoms with Gasteiger partial charge in [-0.15, -0.1) is 0 Å². The summed E-state index contributed by atoms with van der Waals surface area (Å²) in [7, 11) is 0. The van der Waals surface area contributed by atoms with Gasteiger partial charge in [0.1, 0.15) is 5.58 Å². The highest BCUT2D eigenvalue weighted by atomic mass is 16.3. The number of furan rings is 1. The fraction of sp³-hybridized carbons (Fsp3) is 0.0377. The van der Waals surface area contributed by atoms with E-state index in [1.807, 2.05) is 36.7 Å². The Morgan fingerprint density at radius 1 is 0.517 bits per heavy atom. The SMILES string of the molecule is Cc1c(-c2ccccc2)nc(-c2ccccc2)nc1-c1cncc2oc3ccc(C4c5ccccc5-c5ccc6c(c54)c4ccccc4n6-c4ccccc4)cc3c12. The van der Waals surface area contributed by atoms with Crippen LogP contribution in [0, 0.1) is 6.92 Å². The van der Waals surface area contributed by atoms with E-state index in [0.717, 1.165) is 61.3 Å². The molecule has 0 aliphatic heterocycles. The van der Waals surface area contributed by atoms with Crippen molar-refractivity contribution in [2.75, 3.05) is 0 Å². The third kappa shape index (κ3) is 4.80. The number of pyridine rings is 1. The minimum atomic E-state index is -0.000260. The second-order valence-electron chi connectivity index (χ2n) is 15.1. The van der Waals surface area contributed by atoms with Gasteiger partial charge in [0.05, 0.1) is 28.6 Å². The maximum atomic E-state index is 6.61. The molecule has 0 fully saturated rings. The van der Waals surface area contributed by atoms with Crippen LogP contribution in [-0.4, -0.2) is 19.5 Å². The van der Waals surface area contributed by atoms with Crippen LogP contribution in [0.2, 0.25) is 0 Å². The van der Waals surface area contributed by atoms with Gasteiger partial charge in [-0.3, -0.25) is 4.98 Å². The summed E-state index contributed by atoms with van der Waals surface area (Å²) in [6.45, 7) is 2.11. The second-order valence-corrected chi connectivity index (χ2v) is 15.1. The summed E-state index contributed by atoms with van der Waals surface area (Å²) in [5.41, 5.74) is 17.2. The molecule has 5 heteroatoms. The largest absolute Gasteiger partial charge is 0.454 e. The smallest absolute Gasteiger partial charge is 0.160 e. The normalized spacial score (nSPS) is 13.4. The lowest BCUT2D eigenvalue weighted by atomic mass is 9.86. The molecule has 0 saturated heterocycles. The summed E-state index contributed by atoms with van der Waals surface area (Å²) in [4.78, 5) is 15.2. The zero-order valence-corrected chi connectivity index (χ0v) is 31.6. The standard InChI is InChI=1S/C53H34N4O/c1-32-51(33-15-5-2-6-16-33)55-53(34-17-7-3-8-18-34)56-52(32)42-30-54-31-46-48(42)41-29-35(25-28-45(41)58-46)47-38-22-12-11-21-37(38)39-26-27-44-49(50(39)47)40-23-13-14-24-43(40)57(44)36-19-9-4-10-20-36/h2-31,47H,1H3. The van der Waals surface area contributed by atoms with Gasteiger partial charge in [-0.05, 0) is 71.1 Å². The maximum absolute atomic E-state index is 6.61. The Morgan fingerprint density at radius 2 is 1.22 bits per heavy atom. The number of para-hydroxylation sites is 2. The van der Waals surface area contributed by atoms with E-state index in [0.29, 0.717) is 5.82 Å². The van der Waals surface area contributed by atoms with Crippen LogP contribution < -0.4 is 0 Å². The molecule has 5 nitrogen and oxygen atoms in total. The lowest BCUT2D eigenvalue weighted by Gasteiger charge is -2.17. The van der Waals surface area contributed by atoms with E-state index in [1.54, 1.807) is 0 Å². The topological polar surface area (TPSA) is 56.7 Å². The van der Waals surface area contributed by atoms with Crippen molar-refractivity contribution in [1.82, 2.24) is 19.5 Å². The fourth-order valence-electron chi connectivity index (χ4n) is 9.45. The predicted octanol–water partition coefficient (Wildman–Crippen LogP) is 13.3. The van der Waals surface area contributed by atoms with E-state index >= 15 is 0 Å². The van der Waals surface area contributed by atoms with Crippen LogP contribution in [0.15, 0.2) is 187 Å². The van der Waals surface area contributed by atoms with Gasteiger partial charge in [-0.1, -0.05) is 133 Å². The summed E-state index contributed by atoms with van der Waals surface area (Å²) in [6.07, 6.45) is 3.76. The summed E-state index contributed by atoms with van der Waals surface area (Å²) >= 11 is 0. The molecule has 58 heavy (non-hydrogen) atoms. The lowest BCUT2D eigenvalue weighted by molar-refractivity contribution is 0.666. The molecule has 4 heterocycles. The molecule has 0 spiro atoms. The Labute approximate surface area is 334 Å². The molecule has 1 aliphatic carbocycles. The van der Waals surface area contributed by atoms with Crippen molar-refractivity contribution in [2.45, 2.75) is 12.8 Å². The molecule has 0 amide bonds. The van der Waals surface area contributed by atoms with E-state index in [2.05, 4.69) is 157 Å². The molecule has 0 bridgehead atoms. The van der Waals surface area contributed by atoms with Gasteiger partial charge in [-0.25, -0.2) is 9.97 Å². The molecular formula is C53H34N4O. The van der Waals surface area contributed by atoms with Crippen LogP contribution in [0.3, 0.4) is 0 Å². The number of rotatable bonds is 5. The lowest BCUT2D eigenvalue weighted by Crippen LogP contribution is -2.01. The average Bonchev–Trinajstić information content (AvgIpc) is 3.95. The van der Waals surface area contributed by atoms with Gasteiger partial charge in [0.25, 0.3) is 0 Å². The first-order chi connectivity index (χ1) is 28.7. The summed E-state index contributed by atoms with van der Waals surface area (Å²) in [6, 6.07) is 60.4. The molecule has 1 unspecified atom stereocenters. The number of hydrogen-bond acceptors (Lipinski definition) is 4. The van der Waals surface area contributed by atoms with Crippen molar-refractivity contribution < 1.29 is 4.42 Å². The van der Waals surface area contributed by atoms with Crippen LogP contribution in [0.5, 0.6) is 0 Å². The average molecular weight is 743 g/mol. The highest BCUT2D eigenvalue weighted by Gasteiger charge is 2.34. The van der Waals surface area contributed by atoms with Gasteiger partial charge in [0.2, 0.25) is 0 Å². The molecule has 4 aromatic heterocycles. The number of hydrogen-bond donors (Lipinski definition) is 0. The Kier molecular flexibility index (Phi) is 7.14. The van der Waals surface area contributed by atoms with Crippen molar-refractivity contribution in [3.8, 4) is 50.7 Å². The van der Waals surface area contributed by atoms with E-state index < -0.39 is 0 Å². The van der Waals surface area contributed by atoms with Crippen molar-refractivity contribution >= 4 is 43.7 Å². The Bertz CT molecular complexity index is 3400. The van der Waals surface area contributed by atoms with Crippen LogP contribution in [-0.2, 0) is 0 Å². The van der Waals surface area contributed by atoms with Crippen molar-refractivity contribution in [3.63, 3.8) is 0 Å². The minimum Gasteiger partial charge on any atom is -0.454 e. The number of fused-ring (bicyclic) bond motifs is 10. The fourth-order valence-corrected chi connectivity index (χ4v) is 9.45. The summed E-state index contributed by atoms with van der Waals surface area (Å²) in [5, 5.41) is 4.58. The van der Waals surface area contributed by atoms with Crippen LogP contribution >= 0.6 is 0 Å².